The summed E-state index contributed by atoms with van der Waals surface area (Å²) < 4.78 is 25.1. The molecule has 3 rings (SSSR count). The molecule has 6 nitrogen and oxygen atoms in total. The predicted molar refractivity (Wildman–Crippen MR) is 86.7 cm³/mol. The van der Waals surface area contributed by atoms with Gasteiger partial charge in [-0.3, -0.25) is 9.59 Å². The maximum Gasteiger partial charge on any atom is 0.289 e. The average molecular weight is 347 g/mol. The van der Waals surface area contributed by atoms with Crippen molar-refractivity contribution in [2.24, 2.45) is 5.92 Å². The molecule has 0 aromatic carbocycles. The molecule has 1 aliphatic heterocycles. The number of rotatable bonds is 5. The standard InChI is InChI=1S/C18H18FNO5/c1-20-10-13(16(22)17(20)23)15(21)14-7-6-12(25-14)9-11-5-3-4-8-18(11,19)24-2/h3-8,11,22H,9-10H2,1-2H3. The molecule has 0 radical (unpaired) electrons. The number of hydrogen-bond donors (Lipinski definition) is 1. The molecule has 1 aromatic rings. The lowest BCUT2D eigenvalue weighted by Crippen LogP contribution is -2.34. The van der Waals surface area contributed by atoms with Crippen LogP contribution in [-0.2, 0) is 16.0 Å². The summed E-state index contributed by atoms with van der Waals surface area (Å²) in [6.45, 7) is 0.0208. The number of halogens is 1. The summed E-state index contributed by atoms with van der Waals surface area (Å²) in [7, 11) is 2.78. The zero-order valence-electron chi connectivity index (χ0n) is 13.9. The number of aliphatic hydroxyl groups excluding tert-OH is 1. The Bertz CT molecular complexity index is 806. The van der Waals surface area contributed by atoms with Gasteiger partial charge in [0.2, 0.25) is 11.6 Å². The van der Waals surface area contributed by atoms with Gasteiger partial charge < -0.3 is 19.2 Å². The van der Waals surface area contributed by atoms with E-state index in [4.69, 9.17) is 9.15 Å². The Kier molecular flexibility index (Phi) is 4.34. The lowest BCUT2D eigenvalue weighted by Gasteiger charge is -2.29. The van der Waals surface area contributed by atoms with E-state index in [2.05, 4.69) is 0 Å². The van der Waals surface area contributed by atoms with Gasteiger partial charge in [-0.25, -0.2) is 4.39 Å². The fraction of sp³-hybridized carbons (Fsp3) is 0.333. The van der Waals surface area contributed by atoms with E-state index in [1.807, 2.05) is 0 Å². The number of likely N-dealkylation sites (N-methyl/N-ethyl adjacent to an activating group) is 1. The van der Waals surface area contributed by atoms with Crippen LogP contribution in [0.2, 0.25) is 0 Å². The molecule has 1 aliphatic carbocycles. The molecule has 132 valence electrons. The highest BCUT2D eigenvalue weighted by Gasteiger charge is 2.37. The highest BCUT2D eigenvalue weighted by molar-refractivity contribution is 6.14. The van der Waals surface area contributed by atoms with Crippen LogP contribution in [0.1, 0.15) is 16.3 Å². The van der Waals surface area contributed by atoms with Crippen molar-refractivity contribution in [3.05, 3.63) is 59.3 Å². The van der Waals surface area contributed by atoms with Gasteiger partial charge in [0.05, 0.1) is 12.1 Å². The average Bonchev–Trinajstić information content (AvgIpc) is 3.17. The number of alkyl halides is 1. The molecule has 1 aromatic heterocycles. The van der Waals surface area contributed by atoms with E-state index in [0.717, 1.165) is 0 Å². The minimum Gasteiger partial charge on any atom is -0.503 e. The van der Waals surface area contributed by atoms with Gasteiger partial charge in [0, 0.05) is 26.5 Å². The summed E-state index contributed by atoms with van der Waals surface area (Å²) in [6, 6.07) is 3.03. The first-order chi connectivity index (χ1) is 11.9. The van der Waals surface area contributed by atoms with Gasteiger partial charge >= 0.3 is 0 Å². The van der Waals surface area contributed by atoms with Gasteiger partial charge in [-0.1, -0.05) is 18.2 Å². The second-order valence-electron chi connectivity index (χ2n) is 6.04. The Hall–Kier alpha value is -2.67. The van der Waals surface area contributed by atoms with Gasteiger partial charge in [-0.2, -0.15) is 0 Å². The molecule has 25 heavy (non-hydrogen) atoms. The molecule has 2 atom stereocenters. The van der Waals surface area contributed by atoms with Crippen molar-refractivity contribution in [1.29, 1.82) is 0 Å². The fourth-order valence-corrected chi connectivity index (χ4v) is 2.91. The van der Waals surface area contributed by atoms with E-state index in [1.165, 1.54) is 31.2 Å². The molecular formula is C18H18FNO5. The van der Waals surface area contributed by atoms with Gasteiger partial charge in [-0.05, 0) is 18.2 Å². The number of furan rings is 1. The molecule has 0 saturated carbocycles. The first kappa shape index (κ1) is 17.2. The third-order valence-corrected chi connectivity index (χ3v) is 4.41. The molecule has 1 N–H and O–H groups in total. The van der Waals surface area contributed by atoms with E-state index in [-0.39, 0.29) is 24.3 Å². The minimum atomic E-state index is -1.94. The SMILES string of the molecule is COC1(F)C=CC=CC1Cc1ccc(C(=O)C2=C(O)C(=O)N(C)C2)o1. The summed E-state index contributed by atoms with van der Waals surface area (Å²) in [5.74, 6) is -3.85. The van der Waals surface area contributed by atoms with Crippen LogP contribution in [0, 0.1) is 5.92 Å². The summed E-state index contributed by atoms with van der Waals surface area (Å²) in [4.78, 5) is 25.3. The first-order valence-electron chi connectivity index (χ1n) is 7.77. The number of methoxy groups -OCH3 is 1. The number of ketones is 1. The van der Waals surface area contributed by atoms with Crippen molar-refractivity contribution in [3.63, 3.8) is 0 Å². The van der Waals surface area contributed by atoms with Crippen LogP contribution in [0.3, 0.4) is 0 Å². The van der Waals surface area contributed by atoms with Crippen LogP contribution in [0.25, 0.3) is 0 Å². The Morgan fingerprint density at radius 2 is 2.24 bits per heavy atom. The van der Waals surface area contributed by atoms with Crippen molar-refractivity contribution < 1.29 is 28.2 Å². The van der Waals surface area contributed by atoms with Crippen molar-refractivity contribution in [3.8, 4) is 0 Å². The lowest BCUT2D eigenvalue weighted by molar-refractivity contribution is -0.126. The number of hydrogen-bond acceptors (Lipinski definition) is 5. The largest absolute Gasteiger partial charge is 0.503 e. The highest BCUT2D eigenvalue weighted by Crippen LogP contribution is 2.33. The highest BCUT2D eigenvalue weighted by atomic mass is 19.2. The number of aliphatic hydroxyl groups is 1. The van der Waals surface area contributed by atoms with Crippen molar-refractivity contribution >= 4 is 11.7 Å². The molecule has 2 aliphatic rings. The quantitative estimate of drug-likeness (QED) is 0.827. The zero-order valence-corrected chi connectivity index (χ0v) is 13.9. The summed E-state index contributed by atoms with van der Waals surface area (Å²) in [6.07, 6.45) is 6.49. The molecule has 7 heteroatoms. The van der Waals surface area contributed by atoms with Crippen LogP contribution in [0.4, 0.5) is 4.39 Å². The Morgan fingerprint density at radius 1 is 1.48 bits per heavy atom. The lowest BCUT2D eigenvalue weighted by atomic mass is 9.91. The topological polar surface area (TPSA) is 80.0 Å². The van der Waals surface area contributed by atoms with Crippen LogP contribution in [0.5, 0.6) is 0 Å². The number of nitrogens with zero attached hydrogens (tertiary/aromatic N) is 1. The Labute approximate surface area is 143 Å². The third-order valence-electron chi connectivity index (χ3n) is 4.41. The van der Waals surface area contributed by atoms with Crippen LogP contribution in [-0.4, -0.2) is 48.3 Å². The van der Waals surface area contributed by atoms with E-state index in [1.54, 1.807) is 24.3 Å². The predicted octanol–water partition coefficient (Wildman–Crippen LogP) is 2.34. The Balaban J connectivity index is 1.77. The second kappa shape index (κ2) is 6.33. The van der Waals surface area contributed by atoms with Gasteiger partial charge in [-0.15, -0.1) is 0 Å². The molecular weight excluding hydrogens is 329 g/mol. The molecule has 0 saturated heterocycles. The van der Waals surface area contributed by atoms with Crippen molar-refractivity contribution in [2.45, 2.75) is 12.3 Å². The Morgan fingerprint density at radius 3 is 2.88 bits per heavy atom. The number of Topliss-reactive ketones (excluding diaryl/α,β-unsaturated/α-hetero) is 1. The maximum atomic E-state index is 14.6. The number of carbonyl (C=O) groups excluding carboxylic acids is 2. The van der Waals surface area contributed by atoms with E-state index < -0.39 is 29.2 Å². The molecule has 0 fully saturated rings. The van der Waals surface area contributed by atoms with Gasteiger partial charge in [0.15, 0.2) is 11.5 Å². The molecule has 2 unspecified atom stereocenters. The van der Waals surface area contributed by atoms with Gasteiger partial charge in [0.25, 0.3) is 5.91 Å². The minimum absolute atomic E-state index is 0.00291. The second-order valence-corrected chi connectivity index (χ2v) is 6.04. The maximum absolute atomic E-state index is 14.6. The smallest absolute Gasteiger partial charge is 0.289 e. The number of ether oxygens (including phenoxy) is 1. The monoisotopic (exact) mass is 347 g/mol. The fourth-order valence-electron chi connectivity index (χ4n) is 2.91. The molecule has 1 amide bonds. The third kappa shape index (κ3) is 3.02. The van der Waals surface area contributed by atoms with Crippen molar-refractivity contribution in [1.82, 2.24) is 4.90 Å². The number of carbonyl (C=O) groups is 2. The zero-order chi connectivity index (χ0) is 18.2. The molecule has 2 heterocycles. The van der Waals surface area contributed by atoms with Crippen molar-refractivity contribution in [2.75, 3.05) is 20.7 Å². The molecule has 0 spiro atoms. The van der Waals surface area contributed by atoms with E-state index >= 15 is 0 Å². The van der Waals surface area contributed by atoms with Crippen LogP contribution in [0.15, 0.2) is 52.2 Å². The number of allylic oxidation sites excluding steroid dienone is 2. The van der Waals surface area contributed by atoms with E-state index in [9.17, 15) is 19.1 Å². The summed E-state index contributed by atoms with van der Waals surface area (Å²) in [5.41, 5.74) is -0.00868. The van der Waals surface area contributed by atoms with Crippen LogP contribution >= 0.6 is 0 Å². The number of amides is 1. The summed E-state index contributed by atoms with van der Waals surface area (Å²) in [5, 5.41) is 9.77. The van der Waals surface area contributed by atoms with Gasteiger partial charge in [0.1, 0.15) is 5.76 Å². The normalized spacial score (nSPS) is 26.0. The first-order valence-corrected chi connectivity index (χ1v) is 7.77. The summed E-state index contributed by atoms with van der Waals surface area (Å²) >= 11 is 0. The van der Waals surface area contributed by atoms with Crippen LogP contribution < -0.4 is 0 Å². The molecule has 0 bridgehead atoms. The van der Waals surface area contributed by atoms with E-state index in [0.29, 0.717) is 5.76 Å².